The summed E-state index contributed by atoms with van der Waals surface area (Å²) in [5.74, 6) is 0.281. The molecule has 3 rings (SSSR count). The number of para-hydroxylation sites is 1. The zero-order valence-electron chi connectivity index (χ0n) is 13.6. The minimum atomic E-state index is -0.406. The van der Waals surface area contributed by atoms with Crippen LogP contribution in [0.4, 0.5) is 5.95 Å². The van der Waals surface area contributed by atoms with Crippen LogP contribution in [0.2, 0.25) is 0 Å². The van der Waals surface area contributed by atoms with Gasteiger partial charge in [0.15, 0.2) is 0 Å². The average Bonchev–Trinajstić information content (AvgIpc) is 2.91. The molecule has 0 unspecified atom stereocenters. The number of aromatic nitrogens is 3. The largest absolute Gasteiger partial charge is 0.361 e. The lowest BCUT2D eigenvalue weighted by molar-refractivity contribution is 0.0960. The van der Waals surface area contributed by atoms with Gasteiger partial charge in [0, 0.05) is 6.54 Å². The number of rotatable bonds is 4. The predicted octanol–water partition coefficient (Wildman–Crippen LogP) is 1.78. The quantitative estimate of drug-likeness (QED) is 0.708. The Morgan fingerprint density at radius 1 is 1.29 bits per heavy atom. The fraction of sp³-hybridized carbons (Fsp3) is 0.250. The van der Waals surface area contributed by atoms with Crippen LogP contribution in [0, 0.1) is 13.8 Å². The number of anilines is 1. The van der Waals surface area contributed by atoms with Gasteiger partial charge in [0.2, 0.25) is 5.95 Å². The van der Waals surface area contributed by atoms with Gasteiger partial charge in [-0.2, -0.15) is 0 Å². The number of carbonyl (C=O) groups is 1. The molecule has 0 aliphatic rings. The van der Waals surface area contributed by atoms with Crippen LogP contribution in [0.1, 0.15) is 28.7 Å². The second-order valence-electron chi connectivity index (χ2n) is 5.28. The fourth-order valence-corrected chi connectivity index (χ4v) is 2.54. The number of hydrazine groups is 1. The summed E-state index contributed by atoms with van der Waals surface area (Å²) in [4.78, 5) is 29.2. The third kappa shape index (κ3) is 2.62. The first-order valence-electron chi connectivity index (χ1n) is 7.51. The van der Waals surface area contributed by atoms with Gasteiger partial charge in [0.25, 0.3) is 11.5 Å². The van der Waals surface area contributed by atoms with Crippen molar-refractivity contribution >= 4 is 22.8 Å². The number of hydrogen-bond acceptors (Lipinski definition) is 6. The molecule has 8 nitrogen and oxygen atoms in total. The van der Waals surface area contributed by atoms with Gasteiger partial charge in [-0.05, 0) is 32.9 Å². The number of aryl methyl sites for hydroxylation is 2. The molecule has 0 saturated heterocycles. The van der Waals surface area contributed by atoms with Crippen molar-refractivity contribution in [1.29, 1.82) is 0 Å². The molecule has 1 aromatic carbocycles. The van der Waals surface area contributed by atoms with Crippen molar-refractivity contribution in [2.45, 2.75) is 27.3 Å². The van der Waals surface area contributed by atoms with Crippen molar-refractivity contribution in [3.8, 4) is 0 Å². The van der Waals surface area contributed by atoms with Crippen molar-refractivity contribution in [1.82, 2.24) is 20.1 Å². The summed E-state index contributed by atoms with van der Waals surface area (Å²) in [5.41, 5.74) is 6.50. The zero-order chi connectivity index (χ0) is 17.3. The molecular weight excluding hydrogens is 310 g/mol. The van der Waals surface area contributed by atoms with E-state index in [0.717, 1.165) is 0 Å². The Hall–Kier alpha value is -3.16. The molecule has 2 heterocycles. The van der Waals surface area contributed by atoms with Gasteiger partial charge in [0.1, 0.15) is 11.3 Å². The Balaban J connectivity index is 1.93. The lowest BCUT2D eigenvalue weighted by Crippen LogP contribution is -2.34. The maximum atomic E-state index is 12.5. The molecule has 2 N–H and O–H groups in total. The first-order chi connectivity index (χ1) is 11.5. The summed E-state index contributed by atoms with van der Waals surface area (Å²) in [7, 11) is 0. The lowest BCUT2D eigenvalue weighted by atomic mass is 10.2. The summed E-state index contributed by atoms with van der Waals surface area (Å²) in [6, 6.07) is 7.07. The van der Waals surface area contributed by atoms with Gasteiger partial charge < -0.3 is 4.52 Å². The SMILES string of the molecule is CCn1c(NNC(=O)c2c(C)noc2C)nc2ccccc2c1=O. The number of nitrogens with one attached hydrogen (secondary N) is 2. The predicted molar refractivity (Wildman–Crippen MR) is 88.7 cm³/mol. The highest BCUT2D eigenvalue weighted by Crippen LogP contribution is 2.13. The van der Waals surface area contributed by atoms with Crippen molar-refractivity contribution in [2.24, 2.45) is 0 Å². The van der Waals surface area contributed by atoms with Gasteiger partial charge in [-0.3, -0.25) is 25.0 Å². The van der Waals surface area contributed by atoms with Gasteiger partial charge in [0.05, 0.1) is 16.6 Å². The standard InChI is InChI=1S/C16H17N5O3/c1-4-21-15(23)11-7-5-6-8-12(11)17-16(21)19-18-14(22)13-9(2)20-24-10(13)3/h5-8H,4H2,1-3H3,(H,17,19)(H,18,22). The first kappa shape index (κ1) is 15.7. The van der Waals surface area contributed by atoms with Crippen molar-refractivity contribution in [2.75, 3.05) is 5.43 Å². The fourth-order valence-electron chi connectivity index (χ4n) is 2.54. The summed E-state index contributed by atoms with van der Waals surface area (Å²) in [5, 5.41) is 4.28. The first-order valence-corrected chi connectivity index (χ1v) is 7.51. The molecule has 2 aromatic heterocycles. The molecule has 124 valence electrons. The highest BCUT2D eigenvalue weighted by Gasteiger charge is 2.18. The van der Waals surface area contributed by atoms with E-state index in [1.165, 1.54) is 4.57 Å². The minimum Gasteiger partial charge on any atom is -0.361 e. The number of benzene rings is 1. The van der Waals surface area contributed by atoms with E-state index in [1.807, 2.05) is 6.92 Å². The maximum Gasteiger partial charge on any atom is 0.275 e. The topological polar surface area (TPSA) is 102 Å². The maximum absolute atomic E-state index is 12.5. The summed E-state index contributed by atoms with van der Waals surface area (Å²) in [6.07, 6.45) is 0. The molecule has 0 bridgehead atoms. The molecule has 1 amide bonds. The molecule has 8 heteroatoms. The lowest BCUT2D eigenvalue weighted by Gasteiger charge is -2.13. The van der Waals surface area contributed by atoms with Crippen LogP contribution in [-0.4, -0.2) is 20.6 Å². The van der Waals surface area contributed by atoms with E-state index < -0.39 is 5.91 Å². The van der Waals surface area contributed by atoms with E-state index in [4.69, 9.17) is 4.52 Å². The van der Waals surface area contributed by atoms with E-state index >= 15 is 0 Å². The number of fused-ring (bicyclic) bond motifs is 1. The third-order valence-electron chi connectivity index (χ3n) is 3.73. The summed E-state index contributed by atoms with van der Waals surface area (Å²) >= 11 is 0. The molecule has 24 heavy (non-hydrogen) atoms. The second-order valence-corrected chi connectivity index (χ2v) is 5.28. The molecule has 0 atom stereocenters. The minimum absolute atomic E-state index is 0.169. The van der Waals surface area contributed by atoms with E-state index in [-0.39, 0.29) is 11.5 Å². The molecule has 0 radical (unpaired) electrons. The number of hydrogen-bond donors (Lipinski definition) is 2. The van der Waals surface area contributed by atoms with Crippen LogP contribution in [0.3, 0.4) is 0 Å². The highest BCUT2D eigenvalue weighted by molar-refractivity contribution is 5.96. The number of amides is 1. The smallest absolute Gasteiger partial charge is 0.275 e. The summed E-state index contributed by atoms with van der Waals surface area (Å²) < 4.78 is 6.43. The van der Waals surface area contributed by atoms with Crippen LogP contribution < -0.4 is 16.4 Å². The van der Waals surface area contributed by atoms with Crippen molar-refractivity contribution in [3.63, 3.8) is 0 Å². The second kappa shape index (κ2) is 6.15. The van der Waals surface area contributed by atoms with Crippen molar-refractivity contribution in [3.05, 3.63) is 51.6 Å². The molecule has 0 saturated carbocycles. The van der Waals surface area contributed by atoms with Crippen LogP contribution in [0.5, 0.6) is 0 Å². The van der Waals surface area contributed by atoms with E-state index in [1.54, 1.807) is 38.1 Å². The van der Waals surface area contributed by atoms with E-state index in [2.05, 4.69) is 21.0 Å². The van der Waals surface area contributed by atoms with Gasteiger partial charge in [-0.25, -0.2) is 4.98 Å². The van der Waals surface area contributed by atoms with Gasteiger partial charge in [-0.15, -0.1) is 0 Å². The average molecular weight is 327 g/mol. The normalized spacial score (nSPS) is 10.8. The molecule has 0 aliphatic carbocycles. The van der Waals surface area contributed by atoms with E-state index in [0.29, 0.717) is 34.5 Å². The Morgan fingerprint density at radius 3 is 2.71 bits per heavy atom. The van der Waals surface area contributed by atoms with Crippen LogP contribution >= 0.6 is 0 Å². The van der Waals surface area contributed by atoms with Crippen molar-refractivity contribution < 1.29 is 9.32 Å². The van der Waals surface area contributed by atoms with E-state index in [9.17, 15) is 9.59 Å². The molecule has 0 aliphatic heterocycles. The zero-order valence-corrected chi connectivity index (χ0v) is 13.6. The highest BCUT2D eigenvalue weighted by atomic mass is 16.5. The Morgan fingerprint density at radius 2 is 2.04 bits per heavy atom. The Kier molecular flexibility index (Phi) is 4.03. The molecule has 3 aromatic rings. The molecule has 0 fully saturated rings. The number of nitrogens with zero attached hydrogens (tertiary/aromatic N) is 3. The summed E-state index contributed by atoms with van der Waals surface area (Å²) in [6.45, 7) is 5.59. The van der Waals surface area contributed by atoms with Gasteiger partial charge >= 0.3 is 0 Å². The van der Waals surface area contributed by atoms with Gasteiger partial charge in [-0.1, -0.05) is 17.3 Å². The van der Waals surface area contributed by atoms with Crippen LogP contribution in [0.15, 0.2) is 33.6 Å². The monoisotopic (exact) mass is 327 g/mol. The Bertz CT molecular complexity index is 954. The molecular formula is C16H17N5O3. The van der Waals surface area contributed by atoms with Crippen LogP contribution in [-0.2, 0) is 6.54 Å². The van der Waals surface area contributed by atoms with Crippen LogP contribution in [0.25, 0.3) is 10.9 Å². The Labute approximate surface area is 137 Å². The molecule has 0 spiro atoms. The number of carbonyl (C=O) groups excluding carboxylic acids is 1. The third-order valence-corrected chi connectivity index (χ3v) is 3.73.